The fourth-order valence-electron chi connectivity index (χ4n) is 3.13. The topological polar surface area (TPSA) is 124 Å². The van der Waals surface area contributed by atoms with Crippen molar-refractivity contribution in [2.75, 3.05) is 0 Å². The molecular formula is C20H16N4O5S. The first-order valence-electron chi connectivity index (χ1n) is 8.83. The minimum atomic E-state index is -3.83. The van der Waals surface area contributed by atoms with Crippen LogP contribution in [0.25, 0.3) is 10.8 Å². The molecule has 0 amide bonds. The molecule has 10 heteroatoms. The van der Waals surface area contributed by atoms with E-state index in [1.54, 1.807) is 25.2 Å². The predicted octanol–water partition coefficient (Wildman–Crippen LogP) is 1.71. The molecule has 30 heavy (non-hydrogen) atoms. The van der Waals surface area contributed by atoms with E-state index in [4.69, 9.17) is 0 Å². The molecule has 2 aromatic heterocycles. The molecule has 4 aromatic rings. The van der Waals surface area contributed by atoms with Gasteiger partial charge >= 0.3 is 5.97 Å². The highest BCUT2D eigenvalue weighted by molar-refractivity contribution is 7.91. The van der Waals surface area contributed by atoms with Crippen molar-refractivity contribution in [3.05, 3.63) is 82.4 Å². The Labute approximate surface area is 170 Å². The van der Waals surface area contributed by atoms with Crippen molar-refractivity contribution in [3.63, 3.8) is 0 Å². The van der Waals surface area contributed by atoms with E-state index in [9.17, 15) is 23.1 Å². The van der Waals surface area contributed by atoms with Crippen LogP contribution in [-0.2, 0) is 23.4 Å². The van der Waals surface area contributed by atoms with E-state index >= 15 is 0 Å². The summed E-state index contributed by atoms with van der Waals surface area (Å²) in [6, 6.07) is 11.9. The van der Waals surface area contributed by atoms with Crippen LogP contribution in [0.2, 0.25) is 0 Å². The van der Waals surface area contributed by atoms with Crippen LogP contribution < -0.4 is 5.56 Å². The maximum atomic E-state index is 12.8. The molecule has 0 radical (unpaired) electrons. The molecule has 0 aliphatic carbocycles. The number of aromatic nitrogens is 4. The zero-order valence-corrected chi connectivity index (χ0v) is 16.6. The van der Waals surface area contributed by atoms with Crippen molar-refractivity contribution in [1.82, 2.24) is 19.6 Å². The predicted molar refractivity (Wildman–Crippen MR) is 107 cm³/mol. The summed E-state index contributed by atoms with van der Waals surface area (Å²) >= 11 is 0. The van der Waals surface area contributed by atoms with Gasteiger partial charge in [-0.3, -0.25) is 9.48 Å². The summed E-state index contributed by atoms with van der Waals surface area (Å²) in [6.07, 6.45) is 2.92. The van der Waals surface area contributed by atoms with Gasteiger partial charge in [0.05, 0.1) is 28.6 Å². The van der Waals surface area contributed by atoms with Crippen LogP contribution in [0.1, 0.15) is 15.9 Å². The molecule has 0 unspecified atom stereocenters. The van der Waals surface area contributed by atoms with Gasteiger partial charge in [0.2, 0.25) is 9.84 Å². The lowest BCUT2D eigenvalue weighted by Gasteiger charge is -2.09. The summed E-state index contributed by atoms with van der Waals surface area (Å²) in [7, 11) is -2.21. The standard InChI is InChI=1S/C20H16N4O5S/c1-23-9-8-18(22-23)30(28,29)15-6-7-16-14(10-15)11-21-24(19(16)25)12-13-4-2-3-5-17(13)20(26)27/h2-11H,12H2,1H3,(H,26,27). The van der Waals surface area contributed by atoms with Crippen LogP contribution in [0.3, 0.4) is 0 Å². The second-order valence-corrected chi connectivity index (χ2v) is 8.55. The molecule has 4 rings (SSSR count). The highest BCUT2D eigenvalue weighted by atomic mass is 32.2. The Hall–Kier alpha value is -3.79. The number of fused-ring (bicyclic) bond motifs is 1. The normalized spacial score (nSPS) is 11.6. The van der Waals surface area contributed by atoms with E-state index in [2.05, 4.69) is 10.2 Å². The smallest absolute Gasteiger partial charge is 0.336 e. The van der Waals surface area contributed by atoms with Crippen molar-refractivity contribution in [1.29, 1.82) is 0 Å². The number of nitrogens with zero attached hydrogens (tertiary/aromatic N) is 4. The lowest BCUT2D eigenvalue weighted by Crippen LogP contribution is -2.24. The monoisotopic (exact) mass is 424 g/mol. The van der Waals surface area contributed by atoms with Gasteiger partial charge < -0.3 is 5.11 Å². The van der Waals surface area contributed by atoms with E-state index in [1.165, 1.54) is 47.4 Å². The Kier molecular flexibility index (Phi) is 4.70. The molecule has 0 aliphatic rings. The number of sulfone groups is 1. The molecule has 2 aromatic carbocycles. The maximum absolute atomic E-state index is 12.8. The van der Waals surface area contributed by atoms with Gasteiger partial charge in [-0.15, -0.1) is 0 Å². The van der Waals surface area contributed by atoms with E-state index in [-0.39, 0.29) is 27.4 Å². The van der Waals surface area contributed by atoms with Crippen LogP contribution in [0, 0.1) is 0 Å². The van der Waals surface area contributed by atoms with E-state index in [0.29, 0.717) is 10.9 Å². The van der Waals surface area contributed by atoms with Crippen molar-refractivity contribution >= 4 is 26.6 Å². The zero-order chi connectivity index (χ0) is 21.5. The van der Waals surface area contributed by atoms with Gasteiger partial charge in [0, 0.05) is 18.6 Å². The minimum Gasteiger partial charge on any atom is -0.478 e. The first-order chi connectivity index (χ1) is 14.3. The number of benzene rings is 2. The molecule has 0 bridgehead atoms. The van der Waals surface area contributed by atoms with Crippen LogP contribution in [0.4, 0.5) is 0 Å². The van der Waals surface area contributed by atoms with Crippen LogP contribution >= 0.6 is 0 Å². The molecule has 9 nitrogen and oxygen atoms in total. The highest BCUT2D eigenvalue weighted by Crippen LogP contribution is 2.22. The molecule has 0 atom stereocenters. The van der Waals surface area contributed by atoms with Crippen LogP contribution in [-0.4, -0.2) is 39.1 Å². The van der Waals surface area contributed by atoms with E-state index in [1.807, 2.05) is 0 Å². The lowest BCUT2D eigenvalue weighted by molar-refractivity contribution is 0.0695. The average molecular weight is 424 g/mol. The lowest BCUT2D eigenvalue weighted by atomic mass is 10.1. The number of hydrogen-bond donors (Lipinski definition) is 1. The Morgan fingerprint density at radius 3 is 2.60 bits per heavy atom. The van der Waals surface area contributed by atoms with Gasteiger partial charge in [0.25, 0.3) is 5.56 Å². The van der Waals surface area contributed by atoms with Crippen LogP contribution in [0.15, 0.2) is 75.6 Å². The molecule has 0 fully saturated rings. The molecular weight excluding hydrogens is 408 g/mol. The van der Waals surface area contributed by atoms with Crippen molar-refractivity contribution in [2.24, 2.45) is 7.05 Å². The summed E-state index contributed by atoms with van der Waals surface area (Å²) in [4.78, 5) is 24.2. The Morgan fingerprint density at radius 1 is 1.13 bits per heavy atom. The van der Waals surface area contributed by atoms with Gasteiger partial charge in [0.15, 0.2) is 5.03 Å². The molecule has 0 aliphatic heterocycles. The summed E-state index contributed by atoms with van der Waals surface area (Å²) in [6.45, 7) is -0.0226. The quantitative estimate of drug-likeness (QED) is 0.517. The second kappa shape index (κ2) is 7.23. The summed E-state index contributed by atoms with van der Waals surface area (Å²) < 4.78 is 28.0. The fourth-order valence-corrected chi connectivity index (χ4v) is 4.38. The highest BCUT2D eigenvalue weighted by Gasteiger charge is 2.21. The van der Waals surface area contributed by atoms with Crippen LogP contribution in [0.5, 0.6) is 0 Å². The van der Waals surface area contributed by atoms with Gasteiger partial charge in [-0.2, -0.15) is 10.2 Å². The zero-order valence-electron chi connectivity index (χ0n) is 15.8. The number of carboxylic acid groups (broad SMARTS) is 1. The Morgan fingerprint density at radius 2 is 1.90 bits per heavy atom. The van der Waals surface area contributed by atoms with Gasteiger partial charge in [-0.1, -0.05) is 18.2 Å². The summed E-state index contributed by atoms with van der Waals surface area (Å²) in [5.74, 6) is -1.09. The summed E-state index contributed by atoms with van der Waals surface area (Å²) in [5.41, 5.74) is 0.0749. The first-order valence-corrected chi connectivity index (χ1v) is 10.3. The van der Waals surface area contributed by atoms with E-state index < -0.39 is 21.4 Å². The number of aromatic carboxylic acids is 1. The third-order valence-electron chi connectivity index (χ3n) is 4.67. The first kappa shape index (κ1) is 19.5. The van der Waals surface area contributed by atoms with Gasteiger partial charge in [-0.25, -0.2) is 17.9 Å². The number of carbonyl (C=O) groups is 1. The van der Waals surface area contributed by atoms with Gasteiger partial charge in [0.1, 0.15) is 0 Å². The van der Waals surface area contributed by atoms with Gasteiger partial charge in [-0.05, 0) is 35.9 Å². The Balaban J connectivity index is 1.76. The maximum Gasteiger partial charge on any atom is 0.336 e. The minimum absolute atomic E-state index is 0.00359. The third kappa shape index (κ3) is 3.37. The van der Waals surface area contributed by atoms with Crippen molar-refractivity contribution in [3.8, 4) is 0 Å². The number of aryl methyl sites for hydroxylation is 1. The van der Waals surface area contributed by atoms with Crippen molar-refractivity contribution < 1.29 is 18.3 Å². The number of carboxylic acids is 1. The molecule has 1 N–H and O–H groups in total. The average Bonchev–Trinajstić information content (AvgIpc) is 3.17. The Bertz CT molecular complexity index is 1450. The number of hydrogen-bond acceptors (Lipinski definition) is 6. The second-order valence-electron chi connectivity index (χ2n) is 6.65. The molecule has 2 heterocycles. The fraction of sp³-hybridized carbons (Fsp3) is 0.100. The molecule has 0 saturated carbocycles. The SMILES string of the molecule is Cn1ccc(S(=O)(=O)c2ccc3c(=O)n(Cc4ccccc4C(=O)O)ncc3c2)n1. The third-order valence-corrected chi connectivity index (χ3v) is 6.31. The van der Waals surface area contributed by atoms with E-state index in [0.717, 1.165) is 4.68 Å². The van der Waals surface area contributed by atoms with Crippen molar-refractivity contribution in [2.45, 2.75) is 16.5 Å². The number of rotatable bonds is 5. The molecule has 0 saturated heterocycles. The molecule has 0 spiro atoms. The molecule has 152 valence electrons. The summed E-state index contributed by atoms with van der Waals surface area (Å²) in [5, 5.41) is 17.9. The largest absolute Gasteiger partial charge is 0.478 e.